The van der Waals surface area contributed by atoms with E-state index in [4.69, 9.17) is 4.74 Å². The first-order valence-electron chi connectivity index (χ1n) is 6.11. The van der Waals surface area contributed by atoms with Crippen LogP contribution in [0.1, 0.15) is 39.9 Å². The van der Waals surface area contributed by atoms with Crippen LogP contribution in [0.4, 0.5) is 0 Å². The van der Waals surface area contributed by atoms with Crippen molar-refractivity contribution in [3.8, 4) is 0 Å². The Bertz CT molecular complexity index is 318. The first kappa shape index (κ1) is 14.1. The number of hydrogen-bond donors (Lipinski definition) is 1. The molecule has 17 heavy (non-hydrogen) atoms. The van der Waals surface area contributed by atoms with Crippen LogP contribution in [0.2, 0.25) is 0 Å². The van der Waals surface area contributed by atoms with Gasteiger partial charge < -0.3 is 10.1 Å². The normalized spacial score (nSPS) is 12.0. The summed E-state index contributed by atoms with van der Waals surface area (Å²) in [6.45, 7) is 11.4. The lowest BCUT2D eigenvalue weighted by Crippen LogP contribution is -2.36. The molecule has 98 valence electrons. The Labute approximate surface area is 103 Å². The highest BCUT2D eigenvalue weighted by atomic mass is 16.5. The van der Waals surface area contributed by atoms with Crippen molar-refractivity contribution in [1.29, 1.82) is 0 Å². The van der Waals surface area contributed by atoms with E-state index >= 15 is 0 Å². The number of nitrogens with zero attached hydrogens (tertiary/aromatic N) is 4. The van der Waals surface area contributed by atoms with E-state index in [1.165, 1.54) is 0 Å². The Morgan fingerprint density at radius 1 is 1.35 bits per heavy atom. The van der Waals surface area contributed by atoms with E-state index in [1.807, 2.05) is 11.6 Å². The number of rotatable bonds is 7. The van der Waals surface area contributed by atoms with Gasteiger partial charge in [0.15, 0.2) is 5.82 Å². The Morgan fingerprint density at radius 3 is 2.76 bits per heavy atom. The molecule has 6 heteroatoms. The van der Waals surface area contributed by atoms with Crippen molar-refractivity contribution in [3.05, 3.63) is 5.82 Å². The number of aryl methyl sites for hydroxylation is 1. The first-order valence-corrected chi connectivity index (χ1v) is 6.11. The van der Waals surface area contributed by atoms with Crippen molar-refractivity contribution >= 4 is 0 Å². The number of hydrogen-bond acceptors (Lipinski definition) is 5. The SMILES string of the molecule is CCOCCCn1nnnc1CNC(C)(C)C. The molecular weight excluding hydrogens is 218 g/mol. The van der Waals surface area contributed by atoms with Crippen LogP contribution < -0.4 is 5.32 Å². The topological polar surface area (TPSA) is 64.9 Å². The molecule has 6 nitrogen and oxygen atoms in total. The molecular formula is C11H23N5O. The maximum absolute atomic E-state index is 5.29. The molecule has 1 N–H and O–H groups in total. The van der Waals surface area contributed by atoms with Crippen LogP contribution in [-0.4, -0.2) is 39.0 Å². The molecule has 0 saturated heterocycles. The Balaban J connectivity index is 2.37. The summed E-state index contributed by atoms with van der Waals surface area (Å²) in [5.41, 5.74) is 0.0715. The molecule has 0 aliphatic heterocycles. The van der Waals surface area contributed by atoms with Crippen LogP contribution >= 0.6 is 0 Å². The minimum absolute atomic E-state index is 0.0715. The number of ether oxygens (including phenoxy) is 1. The van der Waals surface area contributed by atoms with Gasteiger partial charge in [0.25, 0.3) is 0 Å². The van der Waals surface area contributed by atoms with Crippen LogP contribution in [0.5, 0.6) is 0 Å². The van der Waals surface area contributed by atoms with Crippen molar-refractivity contribution in [2.45, 2.75) is 52.7 Å². The fourth-order valence-electron chi connectivity index (χ4n) is 1.33. The molecule has 0 aliphatic rings. The Morgan fingerprint density at radius 2 is 2.12 bits per heavy atom. The second-order valence-electron chi connectivity index (χ2n) is 4.97. The quantitative estimate of drug-likeness (QED) is 0.721. The van der Waals surface area contributed by atoms with Gasteiger partial charge in [-0.15, -0.1) is 5.10 Å². The van der Waals surface area contributed by atoms with Crippen molar-refractivity contribution in [2.75, 3.05) is 13.2 Å². The van der Waals surface area contributed by atoms with Crippen molar-refractivity contribution in [1.82, 2.24) is 25.5 Å². The highest BCUT2D eigenvalue weighted by molar-refractivity contribution is 4.83. The summed E-state index contributed by atoms with van der Waals surface area (Å²) in [6, 6.07) is 0. The van der Waals surface area contributed by atoms with Crippen LogP contribution in [0.25, 0.3) is 0 Å². The zero-order chi connectivity index (χ0) is 12.7. The third-order valence-electron chi connectivity index (χ3n) is 2.25. The lowest BCUT2D eigenvalue weighted by atomic mass is 10.1. The van der Waals surface area contributed by atoms with Gasteiger partial charge in [-0.1, -0.05) is 0 Å². The summed E-state index contributed by atoms with van der Waals surface area (Å²) >= 11 is 0. The Hall–Kier alpha value is -1.01. The van der Waals surface area contributed by atoms with Crippen LogP contribution in [-0.2, 0) is 17.8 Å². The molecule has 1 rings (SSSR count). The van der Waals surface area contributed by atoms with Crippen LogP contribution in [0, 0.1) is 0 Å². The zero-order valence-corrected chi connectivity index (χ0v) is 11.2. The van der Waals surface area contributed by atoms with Gasteiger partial charge in [0.1, 0.15) is 0 Å². The molecule has 0 spiro atoms. The van der Waals surface area contributed by atoms with Crippen LogP contribution in [0.3, 0.4) is 0 Å². The van der Waals surface area contributed by atoms with Gasteiger partial charge in [-0.3, -0.25) is 0 Å². The van der Waals surface area contributed by atoms with E-state index in [9.17, 15) is 0 Å². The van der Waals surface area contributed by atoms with Crippen molar-refractivity contribution in [3.63, 3.8) is 0 Å². The lowest BCUT2D eigenvalue weighted by molar-refractivity contribution is 0.140. The highest BCUT2D eigenvalue weighted by Gasteiger charge is 2.12. The predicted molar refractivity (Wildman–Crippen MR) is 65.5 cm³/mol. The van der Waals surface area contributed by atoms with Gasteiger partial charge in [0.05, 0.1) is 6.54 Å². The summed E-state index contributed by atoms with van der Waals surface area (Å²) in [6.07, 6.45) is 0.932. The first-order chi connectivity index (χ1) is 8.03. The summed E-state index contributed by atoms with van der Waals surface area (Å²) in [5.74, 6) is 0.872. The molecule has 0 aromatic carbocycles. The van der Waals surface area contributed by atoms with Gasteiger partial charge in [-0.05, 0) is 44.5 Å². The van der Waals surface area contributed by atoms with E-state index in [0.717, 1.165) is 32.0 Å². The fraction of sp³-hybridized carbons (Fsp3) is 0.909. The molecule has 0 atom stereocenters. The molecule has 1 heterocycles. The largest absolute Gasteiger partial charge is 0.382 e. The zero-order valence-electron chi connectivity index (χ0n) is 11.2. The van der Waals surface area contributed by atoms with Crippen molar-refractivity contribution in [2.24, 2.45) is 0 Å². The number of aromatic nitrogens is 4. The van der Waals surface area contributed by atoms with E-state index in [2.05, 4.69) is 41.6 Å². The maximum atomic E-state index is 5.29. The average Bonchev–Trinajstić information content (AvgIpc) is 2.68. The molecule has 0 radical (unpaired) electrons. The van der Waals surface area contributed by atoms with E-state index in [-0.39, 0.29) is 5.54 Å². The second-order valence-corrected chi connectivity index (χ2v) is 4.97. The van der Waals surface area contributed by atoms with Gasteiger partial charge in [0.2, 0.25) is 0 Å². The number of nitrogens with one attached hydrogen (secondary N) is 1. The molecule has 0 aliphatic carbocycles. The monoisotopic (exact) mass is 241 g/mol. The third-order valence-corrected chi connectivity index (χ3v) is 2.25. The number of tetrazole rings is 1. The Kier molecular flexibility index (Phi) is 5.50. The lowest BCUT2D eigenvalue weighted by Gasteiger charge is -2.19. The summed E-state index contributed by atoms with van der Waals surface area (Å²) in [5, 5.41) is 15.1. The van der Waals surface area contributed by atoms with E-state index < -0.39 is 0 Å². The smallest absolute Gasteiger partial charge is 0.165 e. The minimum atomic E-state index is 0.0715. The molecule has 0 unspecified atom stereocenters. The molecule has 1 aromatic rings. The summed E-state index contributed by atoms with van der Waals surface area (Å²) in [7, 11) is 0. The fourth-order valence-corrected chi connectivity index (χ4v) is 1.33. The molecule has 1 aromatic heterocycles. The summed E-state index contributed by atoms with van der Waals surface area (Å²) < 4.78 is 7.12. The van der Waals surface area contributed by atoms with Crippen molar-refractivity contribution < 1.29 is 4.74 Å². The molecule has 0 fully saturated rings. The molecule has 0 saturated carbocycles. The standard InChI is InChI=1S/C11H23N5O/c1-5-17-8-6-7-16-10(13-14-15-16)9-12-11(2,3)4/h12H,5-9H2,1-4H3. The van der Waals surface area contributed by atoms with E-state index in [1.54, 1.807) is 0 Å². The van der Waals surface area contributed by atoms with Gasteiger partial charge in [0, 0.05) is 25.3 Å². The van der Waals surface area contributed by atoms with Gasteiger partial charge >= 0.3 is 0 Å². The molecule has 0 bridgehead atoms. The minimum Gasteiger partial charge on any atom is -0.382 e. The van der Waals surface area contributed by atoms with Gasteiger partial charge in [-0.25, -0.2) is 4.68 Å². The maximum Gasteiger partial charge on any atom is 0.165 e. The van der Waals surface area contributed by atoms with Gasteiger partial charge in [-0.2, -0.15) is 0 Å². The van der Waals surface area contributed by atoms with E-state index in [0.29, 0.717) is 6.54 Å². The highest BCUT2D eigenvalue weighted by Crippen LogP contribution is 2.02. The predicted octanol–water partition coefficient (Wildman–Crippen LogP) is 0.988. The average molecular weight is 241 g/mol. The second kappa shape index (κ2) is 6.66. The molecule has 0 amide bonds. The third kappa shape index (κ3) is 5.74. The van der Waals surface area contributed by atoms with Crippen LogP contribution in [0.15, 0.2) is 0 Å². The summed E-state index contributed by atoms with van der Waals surface area (Å²) in [4.78, 5) is 0.